The van der Waals surface area contributed by atoms with Crippen LogP contribution in [0.4, 0.5) is 17.5 Å². The van der Waals surface area contributed by atoms with Crippen molar-refractivity contribution in [1.82, 2.24) is 9.97 Å². The molecular formula is C11H19N5O2. The number of hydrogen-bond acceptors (Lipinski definition) is 6. The second kappa shape index (κ2) is 5.61. The van der Waals surface area contributed by atoms with E-state index in [1.54, 1.807) is 6.92 Å². The SMILES string of the molecule is CCC(Nc1nc(N)nc(C)c1[N+](=O)[O-])C(C)C. The summed E-state index contributed by atoms with van der Waals surface area (Å²) in [4.78, 5) is 18.3. The van der Waals surface area contributed by atoms with E-state index >= 15 is 0 Å². The molecule has 1 aromatic rings. The lowest BCUT2D eigenvalue weighted by molar-refractivity contribution is -0.385. The normalized spacial score (nSPS) is 12.5. The van der Waals surface area contributed by atoms with E-state index in [0.29, 0.717) is 5.92 Å². The summed E-state index contributed by atoms with van der Waals surface area (Å²) in [5.74, 6) is 0.579. The minimum Gasteiger partial charge on any atom is -0.368 e. The zero-order chi connectivity index (χ0) is 13.9. The van der Waals surface area contributed by atoms with Crippen LogP contribution >= 0.6 is 0 Å². The maximum Gasteiger partial charge on any atom is 0.332 e. The average molecular weight is 253 g/mol. The van der Waals surface area contributed by atoms with Crippen LogP contribution in [0.2, 0.25) is 0 Å². The van der Waals surface area contributed by atoms with Gasteiger partial charge in [0.1, 0.15) is 5.69 Å². The number of anilines is 2. The topological polar surface area (TPSA) is 107 Å². The Bertz CT molecular complexity index is 447. The number of rotatable bonds is 5. The third kappa shape index (κ3) is 3.06. The molecule has 7 nitrogen and oxygen atoms in total. The van der Waals surface area contributed by atoms with Crippen molar-refractivity contribution in [2.45, 2.75) is 40.2 Å². The Balaban J connectivity index is 3.18. The molecule has 100 valence electrons. The van der Waals surface area contributed by atoms with Gasteiger partial charge < -0.3 is 11.1 Å². The molecule has 1 unspecified atom stereocenters. The largest absolute Gasteiger partial charge is 0.368 e. The van der Waals surface area contributed by atoms with Gasteiger partial charge in [0, 0.05) is 6.04 Å². The molecule has 1 atom stereocenters. The second-order valence-corrected chi connectivity index (χ2v) is 4.52. The molecule has 0 saturated heterocycles. The Morgan fingerprint density at radius 1 is 1.44 bits per heavy atom. The summed E-state index contributed by atoms with van der Waals surface area (Å²) < 4.78 is 0. The highest BCUT2D eigenvalue weighted by Gasteiger charge is 2.24. The monoisotopic (exact) mass is 253 g/mol. The number of aromatic nitrogens is 2. The molecule has 0 aliphatic carbocycles. The molecule has 0 fully saturated rings. The molecule has 0 bridgehead atoms. The molecular weight excluding hydrogens is 234 g/mol. The summed E-state index contributed by atoms with van der Waals surface area (Å²) >= 11 is 0. The maximum absolute atomic E-state index is 11.0. The van der Waals surface area contributed by atoms with Gasteiger partial charge in [-0.2, -0.15) is 4.98 Å². The van der Waals surface area contributed by atoms with Crippen LogP contribution in [0.5, 0.6) is 0 Å². The average Bonchev–Trinajstić information content (AvgIpc) is 2.23. The zero-order valence-corrected chi connectivity index (χ0v) is 11.1. The highest BCUT2D eigenvalue weighted by atomic mass is 16.6. The first-order chi connectivity index (χ1) is 8.36. The fraction of sp³-hybridized carbons (Fsp3) is 0.636. The first kappa shape index (κ1) is 14.1. The van der Waals surface area contributed by atoms with Crippen molar-refractivity contribution in [2.75, 3.05) is 11.1 Å². The Kier molecular flexibility index (Phi) is 4.41. The number of nitro groups is 1. The summed E-state index contributed by atoms with van der Waals surface area (Å²) in [6, 6.07) is 0.109. The molecule has 3 N–H and O–H groups in total. The lowest BCUT2D eigenvalue weighted by Gasteiger charge is -2.21. The van der Waals surface area contributed by atoms with E-state index in [9.17, 15) is 10.1 Å². The van der Waals surface area contributed by atoms with Crippen molar-refractivity contribution in [2.24, 2.45) is 5.92 Å². The smallest absolute Gasteiger partial charge is 0.332 e. The van der Waals surface area contributed by atoms with Crippen LogP contribution in [0, 0.1) is 23.0 Å². The number of nitrogens with one attached hydrogen (secondary N) is 1. The summed E-state index contributed by atoms with van der Waals surface area (Å²) in [6.07, 6.45) is 0.845. The fourth-order valence-corrected chi connectivity index (χ4v) is 1.82. The molecule has 18 heavy (non-hydrogen) atoms. The number of nitrogens with zero attached hydrogens (tertiary/aromatic N) is 3. The van der Waals surface area contributed by atoms with Crippen LogP contribution in [-0.4, -0.2) is 20.9 Å². The van der Waals surface area contributed by atoms with E-state index in [0.717, 1.165) is 6.42 Å². The van der Waals surface area contributed by atoms with Gasteiger partial charge in [0.15, 0.2) is 0 Å². The van der Waals surface area contributed by atoms with Gasteiger partial charge in [0.2, 0.25) is 11.8 Å². The Labute approximate surface area is 106 Å². The molecule has 1 rings (SSSR count). The molecule has 0 aliphatic rings. The van der Waals surface area contributed by atoms with Crippen LogP contribution in [0.25, 0.3) is 0 Å². The zero-order valence-electron chi connectivity index (χ0n) is 11.1. The molecule has 0 saturated carbocycles. The summed E-state index contributed by atoms with van der Waals surface area (Å²) in [5.41, 5.74) is 5.70. The molecule has 0 spiro atoms. The minimum absolute atomic E-state index is 0.0409. The number of aryl methyl sites for hydroxylation is 1. The predicted molar refractivity (Wildman–Crippen MR) is 70.4 cm³/mol. The van der Waals surface area contributed by atoms with E-state index in [1.165, 1.54) is 0 Å². The van der Waals surface area contributed by atoms with Gasteiger partial charge in [0.05, 0.1) is 4.92 Å². The highest BCUT2D eigenvalue weighted by molar-refractivity contribution is 5.60. The van der Waals surface area contributed by atoms with Crippen molar-refractivity contribution >= 4 is 17.5 Å². The summed E-state index contributed by atoms with van der Waals surface area (Å²) in [7, 11) is 0. The van der Waals surface area contributed by atoms with Gasteiger partial charge in [-0.05, 0) is 19.3 Å². The van der Waals surface area contributed by atoms with Gasteiger partial charge in [0.25, 0.3) is 0 Å². The Hall–Kier alpha value is -1.92. The van der Waals surface area contributed by atoms with Crippen LogP contribution < -0.4 is 11.1 Å². The first-order valence-electron chi connectivity index (χ1n) is 5.91. The Morgan fingerprint density at radius 2 is 2.06 bits per heavy atom. The quantitative estimate of drug-likeness (QED) is 0.614. The van der Waals surface area contributed by atoms with Crippen molar-refractivity contribution < 1.29 is 4.92 Å². The molecule has 0 aromatic carbocycles. The predicted octanol–water partition coefficient (Wildman–Crippen LogP) is 2.12. The highest BCUT2D eigenvalue weighted by Crippen LogP contribution is 2.27. The summed E-state index contributed by atoms with van der Waals surface area (Å²) in [5, 5.41) is 14.1. The number of nitrogens with two attached hydrogens (primary N) is 1. The van der Waals surface area contributed by atoms with Crippen LogP contribution in [0.3, 0.4) is 0 Å². The molecule has 1 aromatic heterocycles. The molecule has 0 aliphatic heterocycles. The Morgan fingerprint density at radius 3 is 2.50 bits per heavy atom. The van der Waals surface area contributed by atoms with Crippen molar-refractivity contribution in [3.05, 3.63) is 15.8 Å². The van der Waals surface area contributed by atoms with E-state index in [1.807, 2.05) is 20.8 Å². The molecule has 0 radical (unpaired) electrons. The standard InChI is InChI=1S/C11H19N5O2/c1-5-8(6(2)3)14-10-9(16(17)18)7(4)13-11(12)15-10/h6,8H,5H2,1-4H3,(H3,12,13,14,15). The third-order valence-electron chi connectivity index (χ3n) is 2.82. The summed E-state index contributed by atoms with van der Waals surface area (Å²) in [6.45, 7) is 7.66. The lowest BCUT2D eigenvalue weighted by Crippen LogP contribution is -2.26. The van der Waals surface area contributed by atoms with Crippen molar-refractivity contribution in [3.8, 4) is 0 Å². The van der Waals surface area contributed by atoms with Crippen molar-refractivity contribution in [3.63, 3.8) is 0 Å². The van der Waals surface area contributed by atoms with Gasteiger partial charge >= 0.3 is 5.69 Å². The fourth-order valence-electron chi connectivity index (χ4n) is 1.82. The number of nitrogen functional groups attached to an aromatic ring is 1. The van der Waals surface area contributed by atoms with Gasteiger partial charge in [-0.25, -0.2) is 4.98 Å². The first-order valence-corrected chi connectivity index (χ1v) is 5.91. The van der Waals surface area contributed by atoms with Crippen LogP contribution in [0.15, 0.2) is 0 Å². The van der Waals surface area contributed by atoms with Gasteiger partial charge in [-0.3, -0.25) is 10.1 Å². The van der Waals surface area contributed by atoms with E-state index in [2.05, 4.69) is 15.3 Å². The van der Waals surface area contributed by atoms with Crippen molar-refractivity contribution in [1.29, 1.82) is 0 Å². The molecule has 7 heteroatoms. The van der Waals surface area contributed by atoms with Gasteiger partial charge in [-0.1, -0.05) is 20.8 Å². The van der Waals surface area contributed by atoms with E-state index < -0.39 is 4.92 Å². The van der Waals surface area contributed by atoms with E-state index in [4.69, 9.17) is 5.73 Å². The lowest BCUT2D eigenvalue weighted by atomic mass is 10.0. The second-order valence-electron chi connectivity index (χ2n) is 4.52. The maximum atomic E-state index is 11.0. The molecule has 1 heterocycles. The minimum atomic E-state index is -0.482. The number of hydrogen-bond donors (Lipinski definition) is 2. The van der Waals surface area contributed by atoms with Crippen LogP contribution in [0.1, 0.15) is 32.9 Å². The van der Waals surface area contributed by atoms with Gasteiger partial charge in [-0.15, -0.1) is 0 Å². The third-order valence-corrected chi connectivity index (χ3v) is 2.82. The van der Waals surface area contributed by atoms with E-state index in [-0.39, 0.29) is 29.2 Å². The molecule has 0 amide bonds. The van der Waals surface area contributed by atoms with Crippen LogP contribution in [-0.2, 0) is 0 Å².